The van der Waals surface area contributed by atoms with E-state index < -0.39 is 0 Å². The summed E-state index contributed by atoms with van der Waals surface area (Å²) in [6, 6.07) is 20.5. The summed E-state index contributed by atoms with van der Waals surface area (Å²) in [6.07, 6.45) is 3.55. The summed E-state index contributed by atoms with van der Waals surface area (Å²) in [4.78, 5) is 33.5. The number of hydrogen-bond acceptors (Lipinski definition) is 5. The Morgan fingerprint density at radius 3 is 2.70 bits per heavy atom. The summed E-state index contributed by atoms with van der Waals surface area (Å²) >= 11 is 1.64. The predicted octanol–water partition coefficient (Wildman–Crippen LogP) is 4.76. The van der Waals surface area contributed by atoms with Crippen LogP contribution in [-0.2, 0) is 0 Å². The molecule has 0 radical (unpaired) electrons. The highest BCUT2D eigenvalue weighted by atomic mass is 32.2. The minimum absolute atomic E-state index is 0.0432. The minimum Gasteiger partial charge on any atom is -0.352 e. The van der Waals surface area contributed by atoms with E-state index in [-0.39, 0.29) is 17.5 Å². The molecule has 5 nitrogen and oxygen atoms in total. The number of fused-ring (bicyclic) bond motifs is 1. The van der Waals surface area contributed by atoms with Crippen LogP contribution in [0, 0.1) is 5.92 Å². The minimum atomic E-state index is -0.114. The van der Waals surface area contributed by atoms with Gasteiger partial charge in [-0.1, -0.05) is 42.5 Å². The van der Waals surface area contributed by atoms with Crippen LogP contribution < -0.4 is 4.31 Å². The Morgan fingerprint density at radius 2 is 1.90 bits per heavy atom. The second-order valence-electron chi connectivity index (χ2n) is 7.27. The number of H-pyrrole nitrogens is 1. The number of nitrogens with one attached hydrogen (secondary N) is 1. The molecule has 0 spiro atoms. The van der Waals surface area contributed by atoms with Gasteiger partial charge >= 0.3 is 0 Å². The molecule has 0 bridgehead atoms. The van der Waals surface area contributed by atoms with E-state index in [9.17, 15) is 9.59 Å². The van der Waals surface area contributed by atoms with Crippen LogP contribution in [0.25, 0.3) is 10.9 Å². The van der Waals surface area contributed by atoms with Crippen molar-refractivity contribution in [3.05, 3.63) is 95.9 Å². The fourth-order valence-electron chi connectivity index (χ4n) is 3.78. The summed E-state index contributed by atoms with van der Waals surface area (Å²) in [5, 5.41) is 0.782. The summed E-state index contributed by atoms with van der Waals surface area (Å²) in [6.45, 7) is 0.639. The van der Waals surface area contributed by atoms with Crippen molar-refractivity contribution in [1.82, 2.24) is 9.97 Å². The fraction of sp³-hybridized carbons (Fsp3) is 0.125. The first-order valence-electron chi connectivity index (χ1n) is 9.77. The molecule has 148 valence electrons. The molecule has 0 saturated carbocycles. The van der Waals surface area contributed by atoms with Gasteiger partial charge in [-0.25, -0.2) is 0 Å². The topological polar surface area (TPSA) is 66.1 Å². The lowest BCUT2D eigenvalue weighted by Crippen LogP contribution is -2.22. The molecule has 0 aliphatic carbocycles. The molecule has 1 fully saturated rings. The van der Waals surface area contributed by atoms with Crippen LogP contribution in [0.4, 0.5) is 5.69 Å². The number of carbonyl (C=O) groups is 2. The van der Waals surface area contributed by atoms with E-state index in [0.717, 1.165) is 22.3 Å². The normalized spacial score (nSPS) is 16.1. The number of nitrogens with zero attached hydrogens (tertiary/aromatic N) is 2. The number of benzene rings is 2. The maximum Gasteiger partial charge on any atom is 0.193 e. The van der Waals surface area contributed by atoms with Gasteiger partial charge in [0.2, 0.25) is 0 Å². The number of hydrogen-bond donors (Lipinski definition) is 1. The summed E-state index contributed by atoms with van der Waals surface area (Å²) < 4.78 is 2.11. The largest absolute Gasteiger partial charge is 0.352 e. The van der Waals surface area contributed by atoms with Crippen molar-refractivity contribution in [2.24, 2.45) is 5.92 Å². The third-order valence-corrected chi connectivity index (χ3v) is 6.56. The molecule has 2 aromatic carbocycles. The van der Waals surface area contributed by atoms with Crippen LogP contribution in [0.5, 0.6) is 0 Å². The second kappa shape index (κ2) is 7.80. The van der Waals surface area contributed by atoms with Crippen LogP contribution in [0.2, 0.25) is 0 Å². The Balaban J connectivity index is 1.42. The summed E-state index contributed by atoms with van der Waals surface area (Å²) in [5.74, 6) is 0.636. The van der Waals surface area contributed by atoms with Crippen molar-refractivity contribution in [3.63, 3.8) is 0 Å². The van der Waals surface area contributed by atoms with Crippen LogP contribution in [0.15, 0.2) is 79.1 Å². The number of carbonyl (C=O) groups excluding carboxylic acids is 2. The number of pyridine rings is 1. The zero-order valence-electron chi connectivity index (χ0n) is 16.1. The molecule has 5 rings (SSSR count). The van der Waals surface area contributed by atoms with Gasteiger partial charge in [0.1, 0.15) is 0 Å². The predicted molar refractivity (Wildman–Crippen MR) is 120 cm³/mol. The van der Waals surface area contributed by atoms with Gasteiger partial charge in [0, 0.05) is 40.5 Å². The lowest BCUT2D eigenvalue weighted by atomic mass is 9.99. The van der Waals surface area contributed by atoms with Gasteiger partial charge in [0.05, 0.1) is 23.5 Å². The average molecular weight is 414 g/mol. The Kier molecular flexibility index (Phi) is 4.85. The highest BCUT2D eigenvalue weighted by molar-refractivity contribution is 8.00. The standard InChI is InChI=1S/C24H19N3O2S/c28-23(16-6-2-1-3-7-16)19-9-4-10-21-20(19)12-22(26-21)24(29)17-14-27(30-15-17)18-8-5-11-25-13-18/h1-13,17,26H,14-15H2. The van der Waals surface area contributed by atoms with Gasteiger partial charge in [-0.05, 0) is 36.2 Å². The molecule has 1 saturated heterocycles. The smallest absolute Gasteiger partial charge is 0.193 e. The average Bonchev–Trinajstić information content (AvgIpc) is 3.47. The third-order valence-electron chi connectivity index (χ3n) is 5.33. The van der Waals surface area contributed by atoms with Crippen LogP contribution >= 0.6 is 11.9 Å². The van der Waals surface area contributed by atoms with Gasteiger partial charge in [0.25, 0.3) is 0 Å². The number of anilines is 1. The first-order chi connectivity index (χ1) is 14.7. The van der Waals surface area contributed by atoms with Gasteiger partial charge < -0.3 is 9.29 Å². The number of aromatic nitrogens is 2. The van der Waals surface area contributed by atoms with E-state index in [2.05, 4.69) is 14.3 Å². The first-order valence-corrected chi connectivity index (χ1v) is 10.7. The molecule has 6 heteroatoms. The molecule has 4 aromatic rings. The van der Waals surface area contributed by atoms with E-state index in [0.29, 0.717) is 23.4 Å². The monoisotopic (exact) mass is 413 g/mol. The molecule has 1 atom stereocenters. The Labute approximate surface area is 178 Å². The van der Waals surface area contributed by atoms with Crippen molar-refractivity contribution >= 4 is 40.1 Å². The van der Waals surface area contributed by atoms with Crippen molar-refractivity contribution in [3.8, 4) is 0 Å². The zero-order chi connectivity index (χ0) is 20.5. The van der Waals surface area contributed by atoms with Crippen LogP contribution in [0.3, 0.4) is 0 Å². The van der Waals surface area contributed by atoms with Crippen molar-refractivity contribution in [2.75, 3.05) is 16.6 Å². The van der Waals surface area contributed by atoms with E-state index in [1.165, 1.54) is 0 Å². The Morgan fingerprint density at radius 1 is 1.03 bits per heavy atom. The van der Waals surface area contributed by atoms with Gasteiger partial charge in [-0.2, -0.15) is 0 Å². The lowest BCUT2D eigenvalue weighted by Gasteiger charge is -2.15. The fourth-order valence-corrected chi connectivity index (χ4v) is 4.94. The molecule has 1 aliphatic heterocycles. The maximum absolute atomic E-state index is 13.2. The second-order valence-corrected chi connectivity index (χ2v) is 8.31. The molecular formula is C24H19N3O2S. The molecule has 1 unspecified atom stereocenters. The Bertz CT molecular complexity index is 1220. The van der Waals surface area contributed by atoms with E-state index in [1.807, 2.05) is 72.9 Å². The van der Waals surface area contributed by atoms with Crippen molar-refractivity contribution in [2.45, 2.75) is 0 Å². The SMILES string of the molecule is O=C(c1ccccc1)c1cccc2[nH]c(C(=O)C3CSN(c4cccnc4)C3)cc12. The third kappa shape index (κ3) is 3.39. The highest BCUT2D eigenvalue weighted by Gasteiger charge is 2.31. The van der Waals surface area contributed by atoms with E-state index in [1.54, 1.807) is 18.1 Å². The van der Waals surface area contributed by atoms with Crippen molar-refractivity contribution < 1.29 is 9.59 Å². The van der Waals surface area contributed by atoms with Gasteiger partial charge in [-0.15, -0.1) is 0 Å². The molecule has 3 heterocycles. The van der Waals surface area contributed by atoms with Gasteiger partial charge in [-0.3, -0.25) is 14.6 Å². The molecule has 0 amide bonds. The summed E-state index contributed by atoms with van der Waals surface area (Å²) in [5.41, 5.74) is 3.60. The van der Waals surface area contributed by atoms with Gasteiger partial charge in [0.15, 0.2) is 11.6 Å². The van der Waals surface area contributed by atoms with Crippen molar-refractivity contribution in [1.29, 1.82) is 0 Å². The van der Waals surface area contributed by atoms with E-state index in [4.69, 9.17) is 0 Å². The molecule has 30 heavy (non-hydrogen) atoms. The Hall–Kier alpha value is -3.38. The quantitative estimate of drug-likeness (QED) is 0.377. The molecular weight excluding hydrogens is 394 g/mol. The van der Waals surface area contributed by atoms with E-state index >= 15 is 0 Å². The molecule has 1 aliphatic rings. The highest BCUT2D eigenvalue weighted by Crippen LogP contribution is 2.33. The first kappa shape index (κ1) is 18.6. The molecule has 1 N–H and O–H groups in total. The van der Waals surface area contributed by atoms with Crippen LogP contribution in [-0.4, -0.2) is 33.8 Å². The number of rotatable bonds is 5. The number of ketones is 2. The summed E-state index contributed by atoms with van der Waals surface area (Å²) in [7, 11) is 0. The number of aromatic amines is 1. The maximum atomic E-state index is 13.2. The zero-order valence-corrected chi connectivity index (χ0v) is 16.9. The van der Waals surface area contributed by atoms with Crippen LogP contribution in [0.1, 0.15) is 26.4 Å². The lowest BCUT2D eigenvalue weighted by molar-refractivity contribution is 0.0935. The number of Topliss-reactive ketones (excluding diaryl/α,β-unsaturated/α-hetero) is 1. The molecule has 2 aromatic heterocycles.